The fraction of sp³-hybridized carbons (Fsp3) is 0.237. The van der Waals surface area contributed by atoms with Crippen molar-refractivity contribution < 1.29 is 24.1 Å². The highest BCUT2D eigenvalue weighted by molar-refractivity contribution is 6.09. The molecule has 236 valence electrons. The van der Waals surface area contributed by atoms with Gasteiger partial charge in [-0.1, -0.05) is 78.6 Å². The van der Waals surface area contributed by atoms with E-state index in [0.717, 1.165) is 41.0 Å². The average molecular weight is 618 g/mol. The molecule has 0 saturated heterocycles. The standard InChI is InChI=1S/C38H39N3O5/c1-6-7-8-9-30-10-12-33(13-11-30)38(44)34-18-24-37(25-19-34)41(35-20-14-31(15-21-35)26(2)39-45-28(4)42)36-22-16-32(17-23-36)27(3)40-46-29(5)43/h10-25H,6-9H2,1-5H3. The summed E-state index contributed by atoms with van der Waals surface area (Å²) in [6, 6.07) is 30.8. The van der Waals surface area contributed by atoms with E-state index in [2.05, 4.69) is 22.1 Å². The number of benzene rings is 4. The van der Waals surface area contributed by atoms with Crippen LogP contribution in [0.5, 0.6) is 0 Å². The molecule has 4 aromatic carbocycles. The van der Waals surface area contributed by atoms with E-state index in [0.29, 0.717) is 22.6 Å². The third kappa shape index (κ3) is 9.08. The van der Waals surface area contributed by atoms with E-state index in [4.69, 9.17) is 9.68 Å². The number of carbonyl (C=O) groups is 3. The molecule has 0 bridgehead atoms. The van der Waals surface area contributed by atoms with Crippen molar-refractivity contribution in [2.45, 2.75) is 60.3 Å². The second-order valence-electron chi connectivity index (χ2n) is 11.0. The van der Waals surface area contributed by atoms with Gasteiger partial charge in [0.15, 0.2) is 5.78 Å². The van der Waals surface area contributed by atoms with Crippen molar-refractivity contribution in [3.8, 4) is 0 Å². The third-order valence-corrected chi connectivity index (χ3v) is 7.38. The molecule has 46 heavy (non-hydrogen) atoms. The SMILES string of the molecule is CCCCCc1ccc(C(=O)c2ccc(N(c3ccc(C(C)=NOC(C)=O)cc3)c3ccc(C(C)=NOC(C)=O)cc3)cc2)cc1. The van der Waals surface area contributed by atoms with E-state index in [1.165, 1.54) is 32.3 Å². The van der Waals surface area contributed by atoms with E-state index in [1.54, 1.807) is 13.8 Å². The zero-order valence-electron chi connectivity index (χ0n) is 26.9. The summed E-state index contributed by atoms with van der Waals surface area (Å²) in [4.78, 5) is 47.4. The van der Waals surface area contributed by atoms with Gasteiger partial charge in [0, 0.05) is 42.0 Å². The van der Waals surface area contributed by atoms with E-state index >= 15 is 0 Å². The molecule has 0 fully saturated rings. The Kier molecular flexibility index (Phi) is 11.7. The quantitative estimate of drug-likeness (QED) is 0.0489. The Morgan fingerprint density at radius 2 is 0.913 bits per heavy atom. The number of hydrogen-bond donors (Lipinski definition) is 0. The summed E-state index contributed by atoms with van der Waals surface area (Å²) in [6.45, 7) is 8.33. The van der Waals surface area contributed by atoms with Gasteiger partial charge >= 0.3 is 11.9 Å². The predicted octanol–water partition coefficient (Wildman–Crippen LogP) is 8.69. The highest BCUT2D eigenvalue weighted by Gasteiger charge is 2.16. The minimum absolute atomic E-state index is 0.0306. The molecule has 0 unspecified atom stereocenters. The summed E-state index contributed by atoms with van der Waals surface area (Å²) in [7, 11) is 0. The summed E-state index contributed by atoms with van der Waals surface area (Å²) in [5.41, 5.74) is 7.81. The largest absolute Gasteiger partial charge is 0.331 e. The fourth-order valence-corrected chi connectivity index (χ4v) is 4.85. The molecule has 4 aromatic rings. The van der Waals surface area contributed by atoms with Gasteiger partial charge in [0.1, 0.15) is 0 Å². The van der Waals surface area contributed by atoms with Crippen LogP contribution in [0, 0.1) is 0 Å². The van der Waals surface area contributed by atoms with E-state index < -0.39 is 11.9 Å². The molecule has 8 heteroatoms. The number of oxime groups is 2. The van der Waals surface area contributed by atoms with Gasteiger partial charge in [-0.05, 0) is 91.9 Å². The van der Waals surface area contributed by atoms with Crippen LogP contribution in [-0.4, -0.2) is 29.1 Å². The lowest BCUT2D eigenvalue weighted by Gasteiger charge is -2.26. The second-order valence-corrected chi connectivity index (χ2v) is 11.0. The first kappa shape index (κ1) is 33.5. The third-order valence-electron chi connectivity index (χ3n) is 7.38. The summed E-state index contributed by atoms with van der Waals surface area (Å²) in [6.07, 6.45) is 4.55. The summed E-state index contributed by atoms with van der Waals surface area (Å²) >= 11 is 0. The monoisotopic (exact) mass is 617 g/mol. The van der Waals surface area contributed by atoms with Crippen molar-refractivity contribution in [2.75, 3.05) is 4.90 Å². The lowest BCUT2D eigenvalue weighted by atomic mass is 9.99. The number of aryl methyl sites for hydroxylation is 1. The van der Waals surface area contributed by atoms with Crippen LogP contribution in [0.3, 0.4) is 0 Å². The van der Waals surface area contributed by atoms with Crippen molar-refractivity contribution in [1.82, 2.24) is 0 Å². The van der Waals surface area contributed by atoms with Gasteiger partial charge in [-0.15, -0.1) is 0 Å². The maximum absolute atomic E-state index is 13.3. The Balaban J connectivity index is 1.64. The molecule has 0 radical (unpaired) electrons. The molecular weight excluding hydrogens is 578 g/mol. The smallest absolute Gasteiger partial charge is 0.318 e. The number of ketones is 1. The maximum atomic E-state index is 13.3. The summed E-state index contributed by atoms with van der Waals surface area (Å²) in [5.74, 6) is -1.00. The van der Waals surface area contributed by atoms with Gasteiger partial charge in [0.05, 0.1) is 11.4 Å². The van der Waals surface area contributed by atoms with Crippen LogP contribution in [0.25, 0.3) is 0 Å². The summed E-state index contributed by atoms with van der Waals surface area (Å²) in [5, 5.41) is 7.78. The minimum atomic E-state index is -0.486. The molecule has 8 nitrogen and oxygen atoms in total. The van der Waals surface area contributed by atoms with E-state index in [-0.39, 0.29) is 5.78 Å². The molecule has 0 aliphatic rings. The number of unbranched alkanes of at least 4 members (excludes halogenated alkanes) is 2. The molecule has 0 aromatic heterocycles. The molecule has 0 saturated carbocycles. The number of anilines is 3. The first-order chi connectivity index (χ1) is 22.2. The Morgan fingerprint density at radius 3 is 1.28 bits per heavy atom. The van der Waals surface area contributed by atoms with Crippen LogP contribution < -0.4 is 4.90 Å². The van der Waals surface area contributed by atoms with Crippen LogP contribution in [0.15, 0.2) is 107 Å². The zero-order valence-corrected chi connectivity index (χ0v) is 26.9. The van der Waals surface area contributed by atoms with Crippen molar-refractivity contribution in [2.24, 2.45) is 10.3 Å². The Labute approximate surface area is 270 Å². The molecule has 0 N–H and O–H groups in total. The normalized spacial score (nSPS) is 11.6. The van der Waals surface area contributed by atoms with E-state index in [9.17, 15) is 14.4 Å². The van der Waals surface area contributed by atoms with Crippen molar-refractivity contribution >= 4 is 46.2 Å². The fourth-order valence-electron chi connectivity index (χ4n) is 4.85. The van der Waals surface area contributed by atoms with Crippen LogP contribution >= 0.6 is 0 Å². The van der Waals surface area contributed by atoms with Crippen LogP contribution in [0.2, 0.25) is 0 Å². The number of hydrogen-bond acceptors (Lipinski definition) is 8. The minimum Gasteiger partial charge on any atom is -0.318 e. The van der Waals surface area contributed by atoms with Crippen molar-refractivity contribution in [3.63, 3.8) is 0 Å². The molecule has 0 aliphatic heterocycles. The highest BCUT2D eigenvalue weighted by Crippen LogP contribution is 2.35. The van der Waals surface area contributed by atoms with Gasteiger partial charge in [-0.25, -0.2) is 9.59 Å². The lowest BCUT2D eigenvalue weighted by molar-refractivity contribution is -0.141. The van der Waals surface area contributed by atoms with Crippen molar-refractivity contribution in [3.05, 3.63) is 125 Å². The molecule has 0 amide bonds. The lowest BCUT2D eigenvalue weighted by Crippen LogP contribution is -2.11. The van der Waals surface area contributed by atoms with Crippen molar-refractivity contribution in [1.29, 1.82) is 0 Å². The van der Waals surface area contributed by atoms with Gasteiger partial charge < -0.3 is 14.6 Å². The first-order valence-electron chi connectivity index (χ1n) is 15.3. The Hall–Kier alpha value is -5.37. The van der Waals surface area contributed by atoms with Gasteiger partial charge in [-0.3, -0.25) is 4.79 Å². The molecule has 0 spiro atoms. The second kappa shape index (κ2) is 16.1. The number of nitrogens with zero attached hydrogens (tertiary/aromatic N) is 3. The molecular formula is C38H39N3O5. The topological polar surface area (TPSA) is 97.6 Å². The Morgan fingerprint density at radius 1 is 0.543 bits per heavy atom. The van der Waals surface area contributed by atoms with Gasteiger partial charge in [0.25, 0.3) is 0 Å². The Bertz CT molecular complexity index is 1630. The molecule has 0 aliphatic carbocycles. The van der Waals surface area contributed by atoms with E-state index in [1.807, 2.05) is 97.1 Å². The molecule has 4 rings (SSSR count). The highest BCUT2D eigenvalue weighted by atomic mass is 16.7. The first-order valence-corrected chi connectivity index (χ1v) is 15.3. The van der Waals surface area contributed by atoms with Gasteiger partial charge in [0.2, 0.25) is 0 Å². The molecule has 0 heterocycles. The number of rotatable bonds is 13. The molecule has 0 atom stereocenters. The van der Waals surface area contributed by atoms with Crippen LogP contribution in [-0.2, 0) is 25.7 Å². The predicted molar refractivity (Wildman–Crippen MR) is 182 cm³/mol. The zero-order chi connectivity index (χ0) is 33.1. The summed E-state index contributed by atoms with van der Waals surface area (Å²) < 4.78 is 0. The maximum Gasteiger partial charge on any atom is 0.331 e. The van der Waals surface area contributed by atoms with Crippen LogP contribution in [0.4, 0.5) is 17.1 Å². The van der Waals surface area contributed by atoms with Gasteiger partial charge in [-0.2, -0.15) is 0 Å². The van der Waals surface area contributed by atoms with Crippen LogP contribution in [0.1, 0.15) is 86.5 Å². The number of carbonyl (C=O) groups excluding carboxylic acids is 3. The average Bonchev–Trinajstić information content (AvgIpc) is 3.07.